The fourth-order valence-electron chi connectivity index (χ4n) is 4.03. The van der Waals surface area contributed by atoms with E-state index in [2.05, 4.69) is 10.0 Å². The molecule has 1 heterocycles. The van der Waals surface area contributed by atoms with E-state index in [0.717, 1.165) is 31.0 Å². The molecule has 0 aromatic heterocycles. The maximum absolute atomic E-state index is 13.4. The van der Waals surface area contributed by atoms with E-state index in [1.165, 1.54) is 19.2 Å². The Labute approximate surface area is 206 Å². The third kappa shape index (κ3) is 5.56. The summed E-state index contributed by atoms with van der Waals surface area (Å²) >= 11 is 0. The highest BCUT2D eigenvalue weighted by Crippen LogP contribution is 2.34. The van der Waals surface area contributed by atoms with Crippen molar-refractivity contribution in [1.82, 2.24) is 0 Å². The molecule has 7 nitrogen and oxygen atoms in total. The van der Waals surface area contributed by atoms with Gasteiger partial charge >= 0.3 is 6.18 Å². The van der Waals surface area contributed by atoms with Crippen molar-refractivity contribution in [1.29, 1.82) is 0 Å². The van der Waals surface area contributed by atoms with Crippen LogP contribution in [-0.2, 0) is 16.2 Å². The Balaban J connectivity index is 1.69. The summed E-state index contributed by atoms with van der Waals surface area (Å²) in [6.07, 6.45) is -2.86. The summed E-state index contributed by atoms with van der Waals surface area (Å²) in [4.78, 5) is 14.6. The van der Waals surface area contributed by atoms with E-state index in [0.29, 0.717) is 24.5 Å². The van der Waals surface area contributed by atoms with Crippen LogP contribution in [-0.4, -0.2) is 34.5 Å². The second-order valence-corrected chi connectivity index (χ2v) is 9.87. The lowest BCUT2D eigenvalue weighted by Gasteiger charge is -2.22. The number of carbonyl (C=O) groups excluding carboxylic acids is 1. The average molecular weight is 520 g/mol. The number of methoxy groups -OCH3 is 1. The Morgan fingerprint density at radius 1 is 0.944 bits per heavy atom. The van der Waals surface area contributed by atoms with Crippen LogP contribution in [0, 0.1) is 0 Å². The summed E-state index contributed by atoms with van der Waals surface area (Å²) in [5.41, 5.74) is -0.323. The molecule has 1 aliphatic rings. The van der Waals surface area contributed by atoms with E-state index in [1.54, 1.807) is 36.4 Å². The second-order valence-electron chi connectivity index (χ2n) is 8.22. The summed E-state index contributed by atoms with van der Waals surface area (Å²) in [7, 11) is -2.88. The van der Waals surface area contributed by atoms with Gasteiger partial charge in [-0.3, -0.25) is 9.52 Å². The number of halogens is 3. The van der Waals surface area contributed by atoms with Crippen LogP contribution in [0.15, 0.2) is 71.6 Å². The van der Waals surface area contributed by atoms with Gasteiger partial charge in [0.2, 0.25) is 0 Å². The number of nitrogens with zero attached hydrogens (tertiary/aromatic N) is 1. The first-order valence-electron chi connectivity index (χ1n) is 11.1. The molecule has 0 spiro atoms. The summed E-state index contributed by atoms with van der Waals surface area (Å²) in [5, 5.41) is 2.68. The van der Waals surface area contributed by atoms with E-state index < -0.39 is 27.7 Å². The Morgan fingerprint density at radius 2 is 1.67 bits per heavy atom. The summed E-state index contributed by atoms with van der Waals surface area (Å²) < 4.78 is 73.6. The molecule has 1 saturated heterocycles. The molecule has 0 bridgehead atoms. The Hall–Kier alpha value is -3.73. The Kier molecular flexibility index (Phi) is 7.11. The van der Waals surface area contributed by atoms with Crippen molar-refractivity contribution in [2.45, 2.75) is 23.9 Å². The van der Waals surface area contributed by atoms with Crippen molar-refractivity contribution in [2.75, 3.05) is 35.1 Å². The van der Waals surface area contributed by atoms with Crippen LogP contribution < -0.4 is 19.7 Å². The van der Waals surface area contributed by atoms with Gasteiger partial charge in [0.1, 0.15) is 10.6 Å². The van der Waals surface area contributed by atoms with Gasteiger partial charge in [0.05, 0.1) is 23.9 Å². The fraction of sp³-hybridized carbons (Fsp3) is 0.240. The third-order valence-corrected chi connectivity index (χ3v) is 7.16. The molecule has 2 N–H and O–H groups in total. The third-order valence-electron chi connectivity index (χ3n) is 5.75. The molecular weight excluding hydrogens is 495 g/mol. The molecule has 0 radical (unpaired) electrons. The van der Waals surface area contributed by atoms with Gasteiger partial charge < -0.3 is 15.0 Å². The zero-order valence-corrected chi connectivity index (χ0v) is 20.1. The molecule has 11 heteroatoms. The number of benzene rings is 3. The van der Waals surface area contributed by atoms with Gasteiger partial charge in [0, 0.05) is 24.5 Å². The van der Waals surface area contributed by atoms with Gasteiger partial charge in [-0.2, -0.15) is 13.2 Å². The van der Waals surface area contributed by atoms with E-state index >= 15 is 0 Å². The molecule has 0 atom stereocenters. The number of hydrogen-bond acceptors (Lipinski definition) is 5. The molecule has 1 aliphatic heterocycles. The zero-order chi connectivity index (χ0) is 25.9. The first kappa shape index (κ1) is 25.4. The quantitative estimate of drug-likeness (QED) is 0.439. The lowest BCUT2D eigenvalue weighted by Crippen LogP contribution is -2.23. The molecule has 4 rings (SSSR count). The van der Waals surface area contributed by atoms with Crippen molar-refractivity contribution in [3.63, 3.8) is 0 Å². The molecule has 0 unspecified atom stereocenters. The van der Waals surface area contributed by atoms with Crippen LogP contribution >= 0.6 is 0 Å². The molecule has 0 aliphatic carbocycles. The van der Waals surface area contributed by atoms with Crippen molar-refractivity contribution in [3.05, 3.63) is 77.9 Å². The molecular formula is C25H24F3N3O4S. The van der Waals surface area contributed by atoms with Crippen LogP contribution in [0.2, 0.25) is 0 Å². The largest absolute Gasteiger partial charge is 0.496 e. The van der Waals surface area contributed by atoms with E-state index in [-0.39, 0.29) is 21.8 Å². The van der Waals surface area contributed by atoms with Gasteiger partial charge in [0.15, 0.2) is 0 Å². The maximum Gasteiger partial charge on any atom is 0.416 e. The normalized spacial score (nSPS) is 13.9. The van der Waals surface area contributed by atoms with Crippen LogP contribution in [0.4, 0.5) is 30.2 Å². The van der Waals surface area contributed by atoms with Gasteiger partial charge in [-0.15, -0.1) is 0 Å². The SMILES string of the molecule is COc1ccccc1C(=O)Nc1ccc(N2CCCC2)c(S(=O)(=O)Nc2cccc(C(F)(F)F)c2)c1. The number of carbonyl (C=O) groups is 1. The summed E-state index contributed by atoms with van der Waals surface area (Å²) in [5.74, 6) is -0.154. The fourth-order valence-corrected chi connectivity index (χ4v) is 5.33. The number of amides is 1. The molecule has 3 aromatic carbocycles. The van der Waals surface area contributed by atoms with E-state index in [4.69, 9.17) is 4.74 Å². The highest BCUT2D eigenvalue weighted by molar-refractivity contribution is 7.92. The summed E-state index contributed by atoms with van der Waals surface area (Å²) in [6, 6.07) is 15.0. The number of ether oxygens (including phenoxy) is 1. The number of sulfonamides is 1. The monoisotopic (exact) mass is 519 g/mol. The van der Waals surface area contributed by atoms with E-state index in [1.807, 2.05) is 4.90 Å². The van der Waals surface area contributed by atoms with Gasteiger partial charge in [-0.25, -0.2) is 8.42 Å². The predicted molar refractivity (Wildman–Crippen MR) is 131 cm³/mol. The van der Waals surface area contributed by atoms with Crippen molar-refractivity contribution >= 4 is 33.0 Å². The number of para-hydroxylation sites is 1. The smallest absolute Gasteiger partial charge is 0.416 e. The van der Waals surface area contributed by atoms with Crippen molar-refractivity contribution < 1.29 is 31.1 Å². The Bertz CT molecular complexity index is 1370. The molecule has 3 aromatic rings. The van der Waals surface area contributed by atoms with Crippen LogP contribution in [0.3, 0.4) is 0 Å². The Morgan fingerprint density at radius 3 is 2.36 bits per heavy atom. The van der Waals surface area contributed by atoms with Gasteiger partial charge in [-0.1, -0.05) is 18.2 Å². The maximum atomic E-state index is 13.4. The van der Waals surface area contributed by atoms with Crippen LogP contribution in [0.1, 0.15) is 28.8 Å². The highest BCUT2D eigenvalue weighted by atomic mass is 32.2. The first-order chi connectivity index (χ1) is 17.1. The molecule has 1 amide bonds. The molecule has 1 fully saturated rings. The first-order valence-corrected chi connectivity index (χ1v) is 12.6. The summed E-state index contributed by atoms with van der Waals surface area (Å²) in [6.45, 7) is 1.28. The second kappa shape index (κ2) is 10.1. The standard InChI is InChI=1S/C25H24F3N3O4S/c1-35-22-10-3-2-9-20(22)24(32)29-18-11-12-21(31-13-4-5-14-31)23(16-18)36(33,34)30-19-8-6-7-17(15-19)25(26,27)28/h2-3,6-12,15-16,30H,4-5,13-14H2,1H3,(H,29,32). The average Bonchev–Trinajstić information content (AvgIpc) is 3.38. The van der Waals surface area contributed by atoms with Crippen molar-refractivity contribution in [2.24, 2.45) is 0 Å². The van der Waals surface area contributed by atoms with Crippen LogP contribution in [0.5, 0.6) is 5.75 Å². The van der Waals surface area contributed by atoms with Crippen molar-refractivity contribution in [3.8, 4) is 5.75 Å². The minimum absolute atomic E-state index is 0.153. The highest BCUT2D eigenvalue weighted by Gasteiger charge is 2.31. The lowest BCUT2D eigenvalue weighted by atomic mass is 10.1. The number of hydrogen-bond donors (Lipinski definition) is 2. The van der Waals surface area contributed by atoms with Gasteiger partial charge in [0.25, 0.3) is 15.9 Å². The molecule has 190 valence electrons. The predicted octanol–water partition coefficient (Wildman–Crippen LogP) is 5.37. The minimum atomic E-state index is -4.62. The molecule has 36 heavy (non-hydrogen) atoms. The van der Waals surface area contributed by atoms with Crippen LogP contribution in [0.25, 0.3) is 0 Å². The number of anilines is 3. The number of rotatable bonds is 7. The minimum Gasteiger partial charge on any atom is -0.496 e. The van der Waals surface area contributed by atoms with Gasteiger partial charge in [-0.05, 0) is 61.4 Å². The van der Waals surface area contributed by atoms with E-state index in [9.17, 15) is 26.4 Å². The lowest BCUT2D eigenvalue weighted by molar-refractivity contribution is -0.137. The zero-order valence-electron chi connectivity index (χ0n) is 19.3. The number of nitrogens with one attached hydrogen (secondary N) is 2. The molecule has 0 saturated carbocycles. The topological polar surface area (TPSA) is 87.7 Å². The number of alkyl halides is 3.